The molecule has 1 N–H and O–H groups in total. The Labute approximate surface area is 174 Å². The van der Waals surface area contributed by atoms with Gasteiger partial charge in [0.15, 0.2) is 0 Å². The van der Waals surface area contributed by atoms with Gasteiger partial charge < -0.3 is 5.32 Å². The van der Waals surface area contributed by atoms with Crippen LogP contribution in [0.2, 0.25) is 0 Å². The minimum Gasteiger partial charge on any atom is -0.349 e. The van der Waals surface area contributed by atoms with E-state index in [0.29, 0.717) is 37.0 Å². The summed E-state index contributed by atoms with van der Waals surface area (Å²) in [6.07, 6.45) is 3.82. The third-order valence-corrected chi connectivity index (χ3v) is 7.14. The molecular formula is C21H21FN4O3S. The summed E-state index contributed by atoms with van der Waals surface area (Å²) in [6, 6.07) is 8.91. The van der Waals surface area contributed by atoms with Crippen LogP contribution in [0.3, 0.4) is 0 Å². The molecule has 0 bridgehead atoms. The summed E-state index contributed by atoms with van der Waals surface area (Å²) in [6.45, 7) is 2.49. The molecule has 1 aliphatic heterocycles. The van der Waals surface area contributed by atoms with E-state index >= 15 is 0 Å². The number of piperidine rings is 1. The summed E-state index contributed by atoms with van der Waals surface area (Å²) >= 11 is 0. The van der Waals surface area contributed by atoms with Gasteiger partial charge in [-0.05, 0) is 38.0 Å². The average molecular weight is 428 g/mol. The van der Waals surface area contributed by atoms with Crippen LogP contribution in [-0.2, 0) is 10.0 Å². The molecule has 1 amide bonds. The van der Waals surface area contributed by atoms with Crippen LogP contribution in [0.25, 0.3) is 11.0 Å². The highest BCUT2D eigenvalue weighted by Gasteiger charge is 2.30. The number of rotatable bonds is 4. The third-order valence-electron chi connectivity index (χ3n) is 5.23. The Morgan fingerprint density at radius 1 is 1.10 bits per heavy atom. The number of fused-ring (bicyclic) bond motifs is 1. The van der Waals surface area contributed by atoms with Crippen molar-refractivity contribution in [1.82, 2.24) is 19.6 Å². The summed E-state index contributed by atoms with van der Waals surface area (Å²) in [5, 5.41) is 2.88. The van der Waals surface area contributed by atoms with E-state index in [2.05, 4.69) is 15.3 Å². The Morgan fingerprint density at radius 3 is 2.47 bits per heavy atom. The number of sulfonamides is 1. The molecule has 1 aliphatic rings. The van der Waals surface area contributed by atoms with Crippen LogP contribution in [-0.4, -0.2) is 47.7 Å². The van der Waals surface area contributed by atoms with Crippen LogP contribution in [0.4, 0.5) is 4.39 Å². The lowest BCUT2D eigenvalue weighted by atomic mass is 10.1. The Morgan fingerprint density at radius 2 is 1.77 bits per heavy atom. The highest BCUT2D eigenvalue weighted by atomic mass is 32.2. The van der Waals surface area contributed by atoms with Gasteiger partial charge >= 0.3 is 0 Å². The summed E-state index contributed by atoms with van der Waals surface area (Å²) in [7, 11) is -3.56. The topological polar surface area (TPSA) is 92.3 Å². The molecule has 4 rings (SSSR count). The van der Waals surface area contributed by atoms with E-state index in [-0.39, 0.29) is 16.5 Å². The number of nitrogens with zero attached hydrogens (tertiary/aromatic N) is 3. The number of carbonyl (C=O) groups is 1. The van der Waals surface area contributed by atoms with Gasteiger partial charge in [-0.25, -0.2) is 12.8 Å². The van der Waals surface area contributed by atoms with Gasteiger partial charge in [0.25, 0.3) is 5.91 Å². The SMILES string of the molecule is Cc1ccc(S(=O)(=O)N2CCC(NC(=O)c3cc(F)cc4nccnc34)CC2)cc1. The van der Waals surface area contributed by atoms with Crippen LogP contribution in [0, 0.1) is 12.7 Å². The molecule has 2 aromatic carbocycles. The lowest BCUT2D eigenvalue weighted by Crippen LogP contribution is -2.46. The fourth-order valence-corrected chi connectivity index (χ4v) is 5.05. The van der Waals surface area contributed by atoms with E-state index in [1.807, 2.05) is 6.92 Å². The molecule has 2 heterocycles. The molecular weight excluding hydrogens is 407 g/mol. The Kier molecular flexibility index (Phi) is 5.48. The molecule has 3 aromatic rings. The van der Waals surface area contributed by atoms with Crippen molar-refractivity contribution in [3.8, 4) is 0 Å². The summed E-state index contributed by atoms with van der Waals surface area (Å²) < 4.78 is 40.9. The number of carbonyl (C=O) groups excluding carboxylic acids is 1. The van der Waals surface area contributed by atoms with Gasteiger partial charge in [0.05, 0.1) is 16.0 Å². The maximum Gasteiger partial charge on any atom is 0.253 e. The minimum atomic E-state index is -3.56. The second-order valence-electron chi connectivity index (χ2n) is 7.34. The number of nitrogens with one attached hydrogen (secondary N) is 1. The van der Waals surface area contributed by atoms with Crippen molar-refractivity contribution < 1.29 is 17.6 Å². The van der Waals surface area contributed by atoms with Gasteiger partial charge in [-0.2, -0.15) is 4.31 Å². The molecule has 0 aliphatic carbocycles. The molecule has 1 aromatic heterocycles. The largest absolute Gasteiger partial charge is 0.349 e. The van der Waals surface area contributed by atoms with Gasteiger partial charge in [-0.15, -0.1) is 0 Å². The lowest BCUT2D eigenvalue weighted by Gasteiger charge is -2.31. The first-order valence-electron chi connectivity index (χ1n) is 9.62. The van der Waals surface area contributed by atoms with Gasteiger partial charge in [0.1, 0.15) is 11.3 Å². The molecule has 7 nitrogen and oxygen atoms in total. The van der Waals surface area contributed by atoms with Gasteiger partial charge in [-0.1, -0.05) is 17.7 Å². The van der Waals surface area contributed by atoms with Crippen LogP contribution < -0.4 is 5.32 Å². The number of hydrogen-bond acceptors (Lipinski definition) is 5. The highest BCUT2D eigenvalue weighted by molar-refractivity contribution is 7.89. The van der Waals surface area contributed by atoms with E-state index in [1.165, 1.54) is 22.8 Å². The first-order chi connectivity index (χ1) is 14.3. The number of amides is 1. The fraction of sp³-hybridized carbons (Fsp3) is 0.286. The van der Waals surface area contributed by atoms with Crippen molar-refractivity contribution in [2.75, 3.05) is 13.1 Å². The maximum absolute atomic E-state index is 13.9. The maximum atomic E-state index is 13.9. The van der Waals surface area contributed by atoms with Gasteiger partial charge in [-0.3, -0.25) is 14.8 Å². The van der Waals surface area contributed by atoms with Crippen LogP contribution in [0.1, 0.15) is 28.8 Å². The molecule has 0 spiro atoms. The Hall–Kier alpha value is -2.91. The Balaban J connectivity index is 1.44. The van der Waals surface area contributed by atoms with Crippen molar-refractivity contribution in [3.63, 3.8) is 0 Å². The quantitative estimate of drug-likeness (QED) is 0.690. The third kappa shape index (κ3) is 4.03. The number of hydrogen-bond donors (Lipinski definition) is 1. The number of benzene rings is 2. The van der Waals surface area contributed by atoms with Crippen molar-refractivity contribution in [2.45, 2.75) is 30.7 Å². The summed E-state index contributed by atoms with van der Waals surface area (Å²) in [5.74, 6) is -1.01. The first-order valence-corrected chi connectivity index (χ1v) is 11.1. The lowest BCUT2D eigenvalue weighted by molar-refractivity contribution is 0.0925. The first kappa shape index (κ1) is 20.4. The molecule has 9 heteroatoms. The van der Waals surface area contributed by atoms with Gasteiger partial charge in [0, 0.05) is 37.6 Å². The van der Waals surface area contributed by atoms with Crippen LogP contribution in [0.15, 0.2) is 53.7 Å². The smallest absolute Gasteiger partial charge is 0.253 e. The monoisotopic (exact) mass is 428 g/mol. The molecule has 1 saturated heterocycles. The molecule has 30 heavy (non-hydrogen) atoms. The van der Waals surface area contributed by atoms with E-state index < -0.39 is 21.7 Å². The molecule has 1 fully saturated rings. The van der Waals surface area contributed by atoms with E-state index in [1.54, 1.807) is 24.3 Å². The Bertz CT molecular complexity index is 1190. The fourth-order valence-electron chi connectivity index (χ4n) is 3.58. The van der Waals surface area contributed by atoms with E-state index in [0.717, 1.165) is 11.6 Å². The van der Waals surface area contributed by atoms with Crippen LogP contribution >= 0.6 is 0 Å². The number of aryl methyl sites for hydroxylation is 1. The predicted molar refractivity (Wildman–Crippen MR) is 110 cm³/mol. The standard InChI is InChI=1S/C21H21FN4O3S/c1-14-2-4-17(5-3-14)30(28,29)26-10-6-16(7-11-26)25-21(27)18-12-15(22)13-19-20(18)24-9-8-23-19/h2-5,8-9,12-13,16H,6-7,10-11H2,1H3,(H,25,27). The zero-order chi connectivity index (χ0) is 21.3. The zero-order valence-corrected chi connectivity index (χ0v) is 17.2. The molecule has 0 atom stereocenters. The average Bonchev–Trinajstić information content (AvgIpc) is 2.73. The van der Waals surface area contributed by atoms with Crippen LogP contribution in [0.5, 0.6) is 0 Å². The summed E-state index contributed by atoms with van der Waals surface area (Å²) in [5.41, 5.74) is 1.75. The number of aromatic nitrogens is 2. The van der Waals surface area contributed by atoms with Gasteiger partial charge in [0.2, 0.25) is 10.0 Å². The highest BCUT2D eigenvalue weighted by Crippen LogP contribution is 2.22. The summed E-state index contributed by atoms with van der Waals surface area (Å²) in [4.78, 5) is 21.2. The van der Waals surface area contributed by atoms with Crippen molar-refractivity contribution >= 4 is 27.0 Å². The molecule has 0 unspecified atom stereocenters. The zero-order valence-electron chi connectivity index (χ0n) is 16.4. The van der Waals surface area contributed by atoms with E-state index in [4.69, 9.17) is 0 Å². The normalized spacial score (nSPS) is 15.9. The second-order valence-corrected chi connectivity index (χ2v) is 9.28. The van der Waals surface area contributed by atoms with Crippen molar-refractivity contribution in [2.24, 2.45) is 0 Å². The predicted octanol–water partition coefficient (Wildman–Crippen LogP) is 2.66. The van der Waals surface area contributed by atoms with Crippen molar-refractivity contribution in [1.29, 1.82) is 0 Å². The van der Waals surface area contributed by atoms with E-state index in [9.17, 15) is 17.6 Å². The van der Waals surface area contributed by atoms with Crippen molar-refractivity contribution in [3.05, 3.63) is 65.7 Å². The molecule has 156 valence electrons. The molecule has 0 saturated carbocycles. The molecule has 0 radical (unpaired) electrons. The second kappa shape index (κ2) is 8.08. The minimum absolute atomic E-state index is 0.118. The number of halogens is 1.